The lowest BCUT2D eigenvalue weighted by Gasteiger charge is -2.17. The Morgan fingerprint density at radius 2 is 2.00 bits per heavy atom. The van der Waals surface area contributed by atoms with Crippen LogP contribution in [-0.4, -0.2) is 37.4 Å². The minimum atomic E-state index is -2.01. The third-order valence-corrected chi connectivity index (χ3v) is 6.86. The number of hydrogen-bond acceptors (Lipinski definition) is 4. The van der Waals surface area contributed by atoms with Gasteiger partial charge in [0.1, 0.15) is 0 Å². The zero-order valence-electron chi connectivity index (χ0n) is 16.4. The molecule has 1 saturated carbocycles. The van der Waals surface area contributed by atoms with Crippen LogP contribution in [0.3, 0.4) is 0 Å². The second-order valence-corrected chi connectivity index (χ2v) is 9.34. The second-order valence-electron chi connectivity index (χ2n) is 8.23. The highest BCUT2D eigenvalue weighted by molar-refractivity contribution is 7.77. The number of hydrogen-bond donors (Lipinski definition) is 4. The Balaban J connectivity index is 1.36. The van der Waals surface area contributed by atoms with Crippen LogP contribution < -0.4 is 14.9 Å². The molecule has 4 N–H and O–H groups in total. The predicted octanol–water partition coefficient (Wildman–Crippen LogP) is 4.36. The SMILES string of the molecule is O=S(O)NC1(Cc2ccc(Cl)c(Nc3nc4ccc(N5CCCC5)cc4[nH]3)c2)CC1. The maximum absolute atomic E-state index is 11.2. The molecule has 5 rings (SSSR count). The monoisotopic (exact) mass is 445 g/mol. The summed E-state index contributed by atoms with van der Waals surface area (Å²) in [5.74, 6) is 0.637. The van der Waals surface area contributed by atoms with Crippen LogP contribution in [0.25, 0.3) is 11.0 Å². The number of fused-ring (bicyclic) bond motifs is 1. The van der Waals surface area contributed by atoms with Gasteiger partial charge in [-0.3, -0.25) is 4.55 Å². The van der Waals surface area contributed by atoms with Crippen molar-refractivity contribution in [2.75, 3.05) is 23.3 Å². The van der Waals surface area contributed by atoms with Crippen molar-refractivity contribution < 1.29 is 8.76 Å². The molecule has 9 heteroatoms. The van der Waals surface area contributed by atoms with Gasteiger partial charge in [0.05, 0.1) is 21.7 Å². The molecule has 0 amide bonds. The van der Waals surface area contributed by atoms with E-state index in [0.29, 0.717) is 17.4 Å². The van der Waals surface area contributed by atoms with Gasteiger partial charge in [-0.15, -0.1) is 0 Å². The topological polar surface area (TPSA) is 93.3 Å². The molecule has 1 saturated heterocycles. The predicted molar refractivity (Wildman–Crippen MR) is 122 cm³/mol. The molecule has 1 atom stereocenters. The van der Waals surface area contributed by atoms with Gasteiger partial charge in [0.2, 0.25) is 17.2 Å². The smallest absolute Gasteiger partial charge is 0.232 e. The van der Waals surface area contributed by atoms with Crippen LogP contribution in [0.1, 0.15) is 31.2 Å². The number of halogens is 1. The summed E-state index contributed by atoms with van der Waals surface area (Å²) in [6.07, 6.45) is 4.92. The molecule has 0 radical (unpaired) electrons. The van der Waals surface area contributed by atoms with Gasteiger partial charge in [-0.25, -0.2) is 13.9 Å². The largest absolute Gasteiger partial charge is 0.371 e. The van der Waals surface area contributed by atoms with Crippen LogP contribution in [0, 0.1) is 0 Å². The molecule has 1 aromatic heterocycles. The van der Waals surface area contributed by atoms with Gasteiger partial charge in [0.25, 0.3) is 0 Å². The van der Waals surface area contributed by atoms with E-state index in [1.807, 2.05) is 24.3 Å². The van der Waals surface area contributed by atoms with E-state index in [0.717, 1.165) is 48.2 Å². The molecule has 0 spiro atoms. The third kappa shape index (κ3) is 4.18. The van der Waals surface area contributed by atoms with Crippen LogP contribution in [0.5, 0.6) is 0 Å². The van der Waals surface area contributed by atoms with Gasteiger partial charge in [0, 0.05) is 24.3 Å². The average molecular weight is 446 g/mol. The number of nitrogens with zero attached hydrogens (tertiary/aromatic N) is 2. The van der Waals surface area contributed by atoms with Crippen LogP contribution in [0.2, 0.25) is 5.02 Å². The minimum Gasteiger partial charge on any atom is -0.371 e. The Kier molecular flexibility index (Phi) is 5.18. The number of H-pyrrole nitrogens is 1. The van der Waals surface area contributed by atoms with E-state index in [2.05, 4.69) is 37.0 Å². The van der Waals surface area contributed by atoms with E-state index in [-0.39, 0.29) is 5.54 Å². The number of aromatic nitrogens is 2. The van der Waals surface area contributed by atoms with Gasteiger partial charge < -0.3 is 15.2 Å². The zero-order valence-corrected chi connectivity index (χ0v) is 18.0. The molecule has 2 heterocycles. The van der Waals surface area contributed by atoms with E-state index < -0.39 is 11.3 Å². The number of aromatic amines is 1. The summed E-state index contributed by atoms with van der Waals surface area (Å²) in [6.45, 7) is 2.21. The molecule has 3 aromatic rings. The first kappa shape index (κ1) is 19.8. The number of anilines is 3. The third-order valence-electron chi connectivity index (χ3n) is 5.92. The van der Waals surface area contributed by atoms with Gasteiger partial charge >= 0.3 is 0 Å². The lowest BCUT2D eigenvalue weighted by molar-refractivity contribution is 0.514. The lowest BCUT2D eigenvalue weighted by Crippen LogP contribution is -2.34. The van der Waals surface area contributed by atoms with Gasteiger partial charge in [0.15, 0.2) is 0 Å². The Bertz CT molecular complexity index is 1110. The van der Waals surface area contributed by atoms with Gasteiger partial charge in [-0.05, 0) is 68.0 Å². The highest BCUT2D eigenvalue weighted by Gasteiger charge is 2.43. The van der Waals surface area contributed by atoms with Crippen molar-refractivity contribution in [1.82, 2.24) is 14.7 Å². The minimum absolute atomic E-state index is 0.296. The summed E-state index contributed by atoms with van der Waals surface area (Å²) in [5.41, 5.74) is 4.62. The molecule has 7 nitrogen and oxygen atoms in total. The summed E-state index contributed by atoms with van der Waals surface area (Å²) in [7, 11) is 0. The number of imidazole rings is 1. The average Bonchev–Trinajstić information content (AvgIpc) is 3.10. The van der Waals surface area contributed by atoms with E-state index in [4.69, 9.17) is 16.2 Å². The van der Waals surface area contributed by atoms with Crippen LogP contribution in [0.4, 0.5) is 17.3 Å². The normalized spacial score (nSPS) is 18.7. The van der Waals surface area contributed by atoms with Crippen molar-refractivity contribution in [3.8, 4) is 0 Å². The Hall–Kier alpha value is -2.13. The molecule has 1 unspecified atom stereocenters. The van der Waals surface area contributed by atoms with E-state index in [9.17, 15) is 4.21 Å². The molecule has 30 heavy (non-hydrogen) atoms. The molecule has 0 bridgehead atoms. The van der Waals surface area contributed by atoms with Crippen LogP contribution >= 0.6 is 11.6 Å². The fraction of sp³-hybridized carbons (Fsp3) is 0.381. The van der Waals surface area contributed by atoms with E-state index in [1.165, 1.54) is 18.5 Å². The Morgan fingerprint density at radius 3 is 2.73 bits per heavy atom. The quantitative estimate of drug-likeness (QED) is 0.405. The van der Waals surface area contributed by atoms with Crippen molar-refractivity contribution in [3.63, 3.8) is 0 Å². The molecule has 158 valence electrons. The molecule has 2 aliphatic rings. The fourth-order valence-corrected chi connectivity index (χ4v) is 4.99. The zero-order chi connectivity index (χ0) is 20.7. The summed E-state index contributed by atoms with van der Waals surface area (Å²) in [5, 5.41) is 3.89. The highest BCUT2D eigenvalue weighted by atomic mass is 35.5. The maximum atomic E-state index is 11.2. The van der Waals surface area contributed by atoms with Crippen molar-refractivity contribution in [3.05, 3.63) is 47.0 Å². The molecule has 1 aliphatic carbocycles. The summed E-state index contributed by atoms with van der Waals surface area (Å²) in [4.78, 5) is 10.4. The van der Waals surface area contributed by atoms with Gasteiger partial charge in [-0.2, -0.15) is 0 Å². The van der Waals surface area contributed by atoms with Crippen molar-refractivity contribution in [2.24, 2.45) is 0 Å². The van der Waals surface area contributed by atoms with Crippen molar-refractivity contribution in [1.29, 1.82) is 0 Å². The van der Waals surface area contributed by atoms with Crippen LogP contribution in [0.15, 0.2) is 36.4 Å². The molecular weight excluding hydrogens is 422 g/mol. The molecule has 1 aliphatic heterocycles. The second kappa shape index (κ2) is 7.85. The maximum Gasteiger partial charge on any atom is 0.232 e. The first-order valence-corrected chi connectivity index (χ1v) is 11.7. The van der Waals surface area contributed by atoms with Gasteiger partial charge in [-0.1, -0.05) is 17.7 Å². The van der Waals surface area contributed by atoms with E-state index >= 15 is 0 Å². The summed E-state index contributed by atoms with van der Waals surface area (Å²) < 4.78 is 23.1. The molecular formula is C21H24ClN5O2S. The first-order valence-electron chi connectivity index (χ1n) is 10.2. The lowest BCUT2D eigenvalue weighted by atomic mass is 10.0. The Labute approximate surface area is 182 Å². The molecule has 2 aromatic carbocycles. The summed E-state index contributed by atoms with van der Waals surface area (Å²) in [6, 6.07) is 12.1. The number of benzene rings is 2. The fourth-order valence-electron chi connectivity index (χ4n) is 4.18. The summed E-state index contributed by atoms with van der Waals surface area (Å²) >= 11 is 4.40. The number of rotatable bonds is 7. The molecule has 2 fully saturated rings. The highest BCUT2D eigenvalue weighted by Crippen LogP contribution is 2.40. The Morgan fingerprint density at radius 1 is 1.20 bits per heavy atom. The van der Waals surface area contributed by atoms with Crippen molar-refractivity contribution >= 4 is 51.2 Å². The van der Waals surface area contributed by atoms with Crippen molar-refractivity contribution in [2.45, 2.75) is 37.6 Å². The first-order chi connectivity index (χ1) is 14.5. The van der Waals surface area contributed by atoms with Crippen LogP contribution in [-0.2, 0) is 17.7 Å². The number of nitrogens with one attached hydrogen (secondary N) is 3. The van der Waals surface area contributed by atoms with E-state index in [1.54, 1.807) is 0 Å². The standard InChI is InChI=1S/C21H24ClN5O2S/c22-16-5-3-14(13-21(7-8-21)26-30(28)29)11-18(16)24-20-23-17-6-4-15(12-19(17)25-20)27-9-1-2-10-27/h3-6,11-12,26H,1-2,7-10,13H2,(H,28,29)(H2,23,24,25).